The summed E-state index contributed by atoms with van der Waals surface area (Å²) in [6.45, 7) is 0.863. The zero-order chi connectivity index (χ0) is 13.5. The van der Waals surface area contributed by atoms with Gasteiger partial charge in [-0.3, -0.25) is 4.79 Å². The maximum atomic E-state index is 12.1. The lowest BCUT2D eigenvalue weighted by Gasteiger charge is -2.34. The number of carboxylic acid groups (broad SMARTS) is 1. The summed E-state index contributed by atoms with van der Waals surface area (Å²) in [5.74, 6) is 1.23. The van der Waals surface area contributed by atoms with Crippen LogP contribution in [0.1, 0.15) is 12.8 Å². The molecule has 0 aliphatic carbocycles. The third-order valence-electron chi connectivity index (χ3n) is 2.92. The van der Waals surface area contributed by atoms with Crippen LogP contribution in [0.2, 0.25) is 0 Å². The average Bonchev–Trinajstić information content (AvgIpc) is 2.37. The van der Waals surface area contributed by atoms with Gasteiger partial charge in [0.15, 0.2) is 0 Å². The Labute approximate surface area is 106 Å². The van der Waals surface area contributed by atoms with E-state index in [1.54, 1.807) is 11.9 Å². The van der Waals surface area contributed by atoms with Gasteiger partial charge in [-0.25, -0.2) is 4.79 Å². The summed E-state index contributed by atoms with van der Waals surface area (Å²) < 4.78 is 5.22. The first-order chi connectivity index (χ1) is 8.56. The van der Waals surface area contributed by atoms with E-state index >= 15 is 0 Å². The van der Waals surface area contributed by atoms with Gasteiger partial charge in [0.2, 0.25) is 0 Å². The summed E-state index contributed by atoms with van der Waals surface area (Å²) in [5, 5.41) is 8.75. The van der Waals surface area contributed by atoms with Gasteiger partial charge in [0.05, 0.1) is 6.54 Å². The number of terminal acetylenes is 1. The summed E-state index contributed by atoms with van der Waals surface area (Å²) in [7, 11) is 1.67. The maximum Gasteiger partial charge on any atom is 0.323 e. The quantitative estimate of drug-likeness (QED) is 0.729. The Morgan fingerprint density at radius 3 is 2.56 bits per heavy atom. The highest BCUT2D eigenvalue weighted by Crippen LogP contribution is 2.14. The number of hydrogen-bond acceptors (Lipinski definition) is 3. The van der Waals surface area contributed by atoms with Crippen LogP contribution in [0.5, 0.6) is 0 Å². The second-order valence-corrected chi connectivity index (χ2v) is 4.19. The van der Waals surface area contributed by atoms with Crippen LogP contribution in [0.25, 0.3) is 0 Å². The normalized spacial score (nSPS) is 15.8. The molecule has 1 heterocycles. The van der Waals surface area contributed by atoms with Crippen molar-refractivity contribution < 1.29 is 19.4 Å². The first kappa shape index (κ1) is 14.3. The first-order valence-corrected chi connectivity index (χ1v) is 5.81. The Morgan fingerprint density at radius 1 is 1.44 bits per heavy atom. The van der Waals surface area contributed by atoms with E-state index in [0.717, 1.165) is 17.7 Å². The van der Waals surface area contributed by atoms with Crippen LogP contribution in [0.15, 0.2) is 0 Å². The molecule has 0 spiro atoms. The topological polar surface area (TPSA) is 70.1 Å². The number of rotatable bonds is 4. The van der Waals surface area contributed by atoms with Gasteiger partial charge in [-0.15, -0.1) is 6.42 Å². The standard InChI is InChI=1S/C12H18N2O4/c1-3-6-14(9-11(15)16)12(17)13(2)10-4-7-18-8-5-10/h1,10H,4-9H2,2H3,(H,15,16). The van der Waals surface area contributed by atoms with Crippen LogP contribution in [0, 0.1) is 12.3 Å². The van der Waals surface area contributed by atoms with Crippen molar-refractivity contribution >= 4 is 12.0 Å². The summed E-state index contributed by atoms with van der Waals surface area (Å²) in [4.78, 5) is 25.5. The number of nitrogens with zero attached hydrogens (tertiary/aromatic N) is 2. The van der Waals surface area contributed by atoms with Crippen molar-refractivity contribution in [3.63, 3.8) is 0 Å². The van der Waals surface area contributed by atoms with E-state index in [-0.39, 0.29) is 25.2 Å². The molecule has 0 aromatic carbocycles. The number of carbonyl (C=O) groups excluding carboxylic acids is 1. The monoisotopic (exact) mass is 254 g/mol. The van der Waals surface area contributed by atoms with E-state index in [4.69, 9.17) is 16.3 Å². The van der Waals surface area contributed by atoms with Crippen molar-refractivity contribution in [1.82, 2.24) is 9.80 Å². The van der Waals surface area contributed by atoms with Crippen LogP contribution in [-0.4, -0.2) is 66.3 Å². The molecular weight excluding hydrogens is 236 g/mol. The minimum atomic E-state index is -1.07. The van der Waals surface area contributed by atoms with Crippen molar-refractivity contribution in [3.05, 3.63) is 0 Å². The summed E-state index contributed by atoms with van der Waals surface area (Å²) in [6, 6.07) is -0.262. The van der Waals surface area contributed by atoms with Crippen LogP contribution >= 0.6 is 0 Å². The van der Waals surface area contributed by atoms with Gasteiger partial charge < -0.3 is 19.6 Å². The van der Waals surface area contributed by atoms with Crippen molar-refractivity contribution in [1.29, 1.82) is 0 Å². The Kier molecular flexibility index (Phi) is 5.46. The maximum absolute atomic E-state index is 12.1. The number of carbonyl (C=O) groups is 2. The molecule has 2 amide bonds. The molecule has 0 unspecified atom stereocenters. The van der Waals surface area contributed by atoms with E-state index in [1.807, 2.05) is 0 Å². The molecule has 0 aromatic heterocycles. The highest BCUT2D eigenvalue weighted by atomic mass is 16.5. The number of carboxylic acids is 1. The van der Waals surface area contributed by atoms with Crippen molar-refractivity contribution in [3.8, 4) is 12.3 Å². The van der Waals surface area contributed by atoms with Gasteiger partial charge in [-0.2, -0.15) is 0 Å². The molecule has 1 rings (SSSR count). The van der Waals surface area contributed by atoms with Crippen LogP contribution in [0.4, 0.5) is 4.79 Å². The van der Waals surface area contributed by atoms with E-state index in [2.05, 4.69) is 5.92 Å². The third kappa shape index (κ3) is 3.93. The van der Waals surface area contributed by atoms with E-state index in [0.29, 0.717) is 13.2 Å². The van der Waals surface area contributed by atoms with E-state index in [1.165, 1.54) is 0 Å². The van der Waals surface area contributed by atoms with Crippen molar-refractivity contribution in [2.45, 2.75) is 18.9 Å². The molecule has 6 heteroatoms. The predicted molar refractivity (Wildman–Crippen MR) is 65.0 cm³/mol. The summed E-state index contributed by atoms with van der Waals surface area (Å²) in [6.07, 6.45) is 6.67. The van der Waals surface area contributed by atoms with Crippen LogP contribution in [0.3, 0.4) is 0 Å². The molecule has 0 radical (unpaired) electrons. The molecule has 0 atom stereocenters. The smallest absolute Gasteiger partial charge is 0.323 e. The number of urea groups is 1. The lowest BCUT2D eigenvalue weighted by Crippen LogP contribution is -2.49. The van der Waals surface area contributed by atoms with Gasteiger partial charge in [0, 0.05) is 26.3 Å². The number of amides is 2. The third-order valence-corrected chi connectivity index (χ3v) is 2.92. The highest BCUT2D eigenvalue weighted by Gasteiger charge is 2.26. The number of hydrogen-bond donors (Lipinski definition) is 1. The molecule has 0 aromatic rings. The number of aliphatic carboxylic acids is 1. The minimum Gasteiger partial charge on any atom is -0.480 e. The Bertz CT molecular complexity index is 344. The molecule has 18 heavy (non-hydrogen) atoms. The SMILES string of the molecule is C#CCN(CC(=O)O)C(=O)N(C)C1CCOCC1. The molecule has 1 saturated heterocycles. The van der Waals surface area contributed by atoms with E-state index in [9.17, 15) is 9.59 Å². The Balaban J connectivity index is 2.63. The predicted octanol–water partition coefficient (Wildman–Crippen LogP) is 0.237. The van der Waals surface area contributed by atoms with Gasteiger partial charge in [-0.05, 0) is 12.8 Å². The zero-order valence-corrected chi connectivity index (χ0v) is 10.5. The molecule has 0 saturated carbocycles. The molecule has 1 aliphatic heterocycles. The molecule has 1 aliphatic rings. The molecule has 1 N–H and O–H groups in total. The summed E-state index contributed by atoms with van der Waals surface area (Å²) in [5.41, 5.74) is 0. The largest absolute Gasteiger partial charge is 0.480 e. The average molecular weight is 254 g/mol. The Hall–Kier alpha value is -1.74. The zero-order valence-electron chi connectivity index (χ0n) is 10.5. The van der Waals surface area contributed by atoms with Gasteiger partial charge in [0.25, 0.3) is 0 Å². The molecule has 6 nitrogen and oxygen atoms in total. The summed E-state index contributed by atoms with van der Waals surface area (Å²) >= 11 is 0. The second kappa shape index (κ2) is 6.87. The van der Waals surface area contributed by atoms with Crippen LogP contribution < -0.4 is 0 Å². The van der Waals surface area contributed by atoms with Crippen molar-refractivity contribution in [2.75, 3.05) is 33.4 Å². The fourth-order valence-corrected chi connectivity index (χ4v) is 1.92. The molecule has 1 fully saturated rings. The fourth-order valence-electron chi connectivity index (χ4n) is 1.92. The lowest BCUT2D eigenvalue weighted by atomic mass is 10.1. The van der Waals surface area contributed by atoms with Gasteiger partial charge >= 0.3 is 12.0 Å². The molecule has 100 valence electrons. The van der Waals surface area contributed by atoms with Gasteiger partial charge in [0.1, 0.15) is 6.54 Å². The Morgan fingerprint density at radius 2 is 2.06 bits per heavy atom. The fraction of sp³-hybridized carbons (Fsp3) is 0.667. The highest BCUT2D eigenvalue weighted by molar-refractivity contribution is 5.80. The second-order valence-electron chi connectivity index (χ2n) is 4.19. The first-order valence-electron chi connectivity index (χ1n) is 5.81. The van der Waals surface area contributed by atoms with Crippen molar-refractivity contribution in [2.24, 2.45) is 0 Å². The molecular formula is C12H18N2O4. The molecule has 0 bridgehead atoms. The lowest BCUT2D eigenvalue weighted by molar-refractivity contribution is -0.137. The van der Waals surface area contributed by atoms with E-state index < -0.39 is 5.97 Å². The van der Waals surface area contributed by atoms with Crippen LogP contribution in [-0.2, 0) is 9.53 Å². The van der Waals surface area contributed by atoms with Gasteiger partial charge in [-0.1, -0.05) is 5.92 Å². The minimum absolute atomic E-state index is 0.00130. The number of ether oxygens (including phenoxy) is 1.